The molecule has 2 aliphatic heterocycles. The van der Waals surface area contributed by atoms with Gasteiger partial charge in [0, 0.05) is 25.0 Å². The number of carbonyl (C=O) groups is 1. The second-order valence-corrected chi connectivity index (χ2v) is 11.4. The number of aliphatic hydroxyl groups excluding tert-OH is 4. The van der Waals surface area contributed by atoms with Crippen LogP contribution < -0.4 is 33.6 Å². The first-order valence-electron chi connectivity index (χ1n) is 13.9. The molecule has 0 aromatic rings. The van der Waals surface area contributed by atoms with Gasteiger partial charge in [-0.05, 0) is 25.8 Å². The van der Waals surface area contributed by atoms with Crippen molar-refractivity contribution in [1.29, 1.82) is 0 Å². The summed E-state index contributed by atoms with van der Waals surface area (Å²) in [5.74, 6) is -0.758. The van der Waals surface area contributed by atoms with Crippen LogP contribution in [-0.4, -0.2) is 142 Å². The molecule has 15 N–H and O–H groups in total. The lowest BCUT2D eigenvalue weighted by molar-refractivity contribution is -0.314. The summed E-state index contributed by atoms with van der Waals surface area (Å²) in [5.41, 5.74) is 22.6. The maximum Gasteiger partial charge on any atom is 0.253 e. The van der Waals surface area contributed by atoms with Crippen molar-refractivity contribution >= 4 is 5.91 Å². The predicted octanol–water partition coefficient (Wildman–Crippen LogP) is -6.00. The topological polar surface area (TPSA) is 283 Å². The Hall–Kier alpha value is -1.09. The minimum Gasteiger partial charge on any atom is -0.394 e. The molecule has 1 amide bonds. The van der Waals surface area contributed by atoms with Gasteiger partial charge in [-0.1, -0.05) is 6.92 Å². The predicted molar refractivity (Wildman–Crippen MR) is 138 cm³/mol. The fraction of sp³-hybridized carbons (Fsp3) is 0.958. The van der Waals surface area contributed by atoms with E-state index in [0.29, 0.717) is 13.0 Å². The second kappa shape index (κ2) is 13.0. The van der Waals surface area contributed by atoms with Crippen molar-refractivity contribution in [1.82, 2.24) is 10.6 Å². The Kier molecular flexibility index (Phi) is 10.4. The molecule has 232 valence electrons. The maximum atomic E-state index is 12.8. The number of nitrogens with one attached hydrogen (secondary N) is 2. The van der Waals surface area contributed by atoms with Crippen LogP contribution in [0.4, 0.5) is 0 Å². The van der Waals surface area contributed by atoms with Crippen molar-refractivity contribution in [2.75, 3.05) is 19.7 Å². The van der Waals surface area contributed by atoms with Crippen LogP contribution in [0.1, 0.15) is 32.6 Å². The van der Waals surface area contributed by atoms with Gasteiger partial charge < -0.3 is 78.0 Å². The Morgan fingerprint density at radius 2 is 1.65 bits per heavy atom. The molecule has 2 aliphatic carbocycles. The van der Waals surface area contributed by atoms with Crippen LogP contribution in [0, 0.1) is 0 Å². The molecule has 0 spiro atoms. The summed E-state index contributed by atoms with van der Waals surface area (Å²) in [4.78, 5) is 12.8. The van der Waals surface area contributed by atoms with E-state index in [1.165, 1.54) is 0 Å². The average molecular weight is 579 g/mol. The van der Waals surface area contributed by atoms with Crippen LogP contribution in [-0.2, 0) is 23.7 Å². The SMILES string of the molecule is CCNC[C@@H]1CC[C@@H](N)[C@@H](OC2[C@@H](N)C[C@@H](NC(=O)C3(O)CC3N)[C@H](O[C@H]3O[C@H](CO)[C@@H](O)[C@H](N)[C@H]3O)[C@H]2O)O1. The summed E-state index contributed by atoms with van der Waals surface area (Å²) in [7, 11) is 0. The highest BCUT2D eigenvalue weighted by Gasteiger charge is 2.59. The zero-order chi connectivity index (χ0) is 29.4. The van der Waals surface area contributed by atoms with Gasteiger partial charge in [0.2, 0.25) is 0 Å². The van der Waals surface area contributed by atoms with Gasteiger partial charge in [0.25, 0.3) is 5.91 Å². The third kappa shape index (κ3) is 6.60. The van der Waals surface area contributed by atoms with Crippen molar-refractivity contribution < 1.29 is 49.3 Å². The number of hydrogen-bond acceptors (Lipinski definition) is 15. The second-order valence-electron chi connectivity index (χ2n) is 11.4. The van der Waals surface area contributed by atoms with Gasteiger partial charge in [-0.3, -0.25) is 4.79 Å². The Bertz CT molecular complexity index is 859. The zero-order valence-electron chi connectivity index (χ0n) is 22.6. The number of aliphatic hydroxyl groups is 5. The summed E-state index contributed by atoms with van der Waals surface area (Å²) in [6, 6.07) is -4.24. The van der Waals surface area contributed by atoms with E-state index in [4.69, 9.17) is 41.9 Å². The van der Waals surface area contributed by atoms with Gasteiger partial charge in [-0.2, -0.15) is 0 Å². The molecule has 2 saturated carbocycles. The van der Waals surface area contributed by atoms with Crippen LogP contribution in [0.25, 0.3) is 0 Å². The first kappa shape index (κ1) is 31.8. The maximum absolute atomic E-state index is 12.8. The summed E-state index contributed by atoms with van der Waals surface area (Å²) < 4.78 is 23.7. The van der Waals surface area contributed by atoms with E-state index in [2.05, 4.69) is 10.6 Å². The molecule has 0 bridgehead atoms. The highest BCUT2D eigenvalue weighted by atomic mass is 16.7. The molecule has 16 nitrogen and oxygen atoms in total. The minimum atomic E-state index is -1.76. The number of rotatable bonds is 10. The van der Waals surface area contributed by atoms with Crippen LogP contribution in [0.15, 0.2) is 0 Å². The number of nitrogens with two attached hydrogens (primary N) is 4. The average Bonchev–Trinajstić information content (AvgIpc) is 3.55. The van der Waals surface area contributed by atoms with Gasteiger partial charge in [0.15, 0.2) is 18.2 Å². The van der Waals surface area contributed by atoms with E-state index in [1.54, 1.807) is 0 Å². The fourth-order valence-corrected chi connectivity index (χ4v) is 5.57. The quantitative estimate of drug-likeness (QED) is 0.115. The largest absolute Gasteiger partial charge is 0.394 e. The first-order chi connectivity index (χ1) is 18.9. The monoisotopic (exact) mass is 578 g/mol. The first-order valence-corrected chi connectivity index (χ1v) is 13.9. The molecular formula is C24H46N6O10. The van der Waals surface area contributed by atoms with Gasteiger partial charge in [0.1, 0.15) is 36.6 Å². The van der Waals surface area contributed by atoms with Gasteiger partial charge in [0.05, 0.1) is 30.8 Å². The third-order valence-electron chi connectivity index (χ3n) is 8.35. The molecule has 2 saturated heterocycles. The van der Waals surface area contributed by atoms with Crippen molar-refractivity contribution in [3.63, 3.8) is 0 Å². The normalized spacial score (nSPS) is 49.5. The Morgan fingerprint density at radius 3 is 2.27 bits per heavy atom. The summed E-state index contributed by atoms with van der Waals surface area (Å²) >= 11 is 0. The number of amides is 1. The third-order valence-corrected chi connectivity index (χ3v) is 8.35. The van der Waals surface area contributed by atoms with Gasteiger partial charge in [-0.25, -0.2) is 0 Å². The zero-order valence-corrected chi connectivity index (χ0v) is 22.6. The Morgan fingerprint density at radius 1 is 0.975 bits per heavy atom. The van der Waals surface area contributed by atoms with E-state index in [0.717, 1.165) is 13.0 Å². The number of hydrogen-bond donors (Lipinski definition) is 11. The molecule has 0 radical (unpaired) electrons. The molecule has 0 aromatic heterocycles. The molecule has 0 aromatic carbocycles. The van der Waals surface area contributed by atoms with Crippen molar-refractivity contribution in [2.24, 2.45) is 22.9 Å². The number of likely N-dealkylation sites (N-methyl/N-ethyl adjacent to an activating group) is 1. The van der Waals surface area contributed by atoms with Gasteiger partial charge >= 0.3 is 0 Å². The minimum absolute atomic E-state index is 0.0349. The summed E-state index contributed by atoms with van der Waals surface area (Å²) in [6.45, 7) is 2.74. The van der Waals surface area contributed by atoms with Crippen molar-refractivity contribution in [3.8, 4) is 0 Å². The summed E-state index contributed by atoms with van der Waals surface area (Å²) in [5, 5.41) is 58.2. The van der Waals surface area contributed by atoms with Crippen LogP contribution >= 0.6 is 0 Å². The standard InChI is InChI=1S/C24H46N6O10/c1-2-29-7-9-3-4-10(25)21(37-9)39-19-11(26)5-12(30-23(35)24(36)6-14(24)27)20(18(19)34)40-22-17(33)15(28)16(32)13(8-31)38-22/h9-22,29,31-34,36H,2-8,25-28H2,1H3,(H,30,35)/t9-,10+,11-,12+,13+,14?,15-,16+,17+,18-,19?,20-,21+,22+,24?/m0/s1. The van der Waals surface area contributed by atoms with Crippen LogP contribution in [0.2, 0.25) is 0 Å². The Balaban J connectivity index is 1.52. The molecule has 4 aliphatic rings. The molecule has 16 heteroatoms. The highest BCUT2D eigenvalue weighted by molar-refractivity contribution is 5.89. The lowest BCUT2D eigenvalue weighted by Gasteiger charge is -2.48. The van der Waals surface area contributed by atoms with Crippen molar-refractivity contribution in [3.05, 3.63) is 0 Å². The van der Waals surface area contributed by atoms with E-state index in [-0.39, 0.29) is 18.9 Å². The molecule has 2 heterocycles. The summed E-state index contributed by atoms with van der Waals surface area (Å²) in [6.07, 6.45) is -8.99. The fourth-order valence-electron chi connectivity index (χ4n) is 5.57. The molecule has 40 heavy (non-hydrogen) atoms. The van der Waals surface area contributed by atoms with Gasteiger partial charge in [-0.15, -0.1) is 0 Å². The molecule has 4 fully saturated rings. The highest BCUT2D eigenvalue weighted by Crippen LogP contribution is 2.36. The van der Waals surface area contributed by atoms with Crippen molar-refractivity contribution in [2.45, 2.75) is 124 Å². The molecular weight excluding hydrogens is 532 g/mol. The molecule has 4 rings (SSSR count). The van der Waals surface area contributed by atoms with E-state index >= 15 is 0 Å². The lowest BCUT2D eigenvalue weighted by atomic mass is 9.83. The van der Waals surface area contributed by atoms with E-state index < -0.39 is 97.5 Å². The molecule has 15 atom stereocenters. The van der Waals surface area contributed by atoms with E-state index in [9.17, 15) is 30.3 Å². The van der Waals surface area contributed by atoms with Crippen LogP contribution in [0.5, 0.6) is 0 Å². The van der Waals surface area contributed by atoms with E-state index in [1.807, 2.05) is 6.92 Å². The van der Waals surface area contributed by atoms with Crippen LogP contribution in [0.3, 0.4) is 0 Å². The number of ether oxygens (including phenoxy) is 4. The number of carbonyl (C=O) groups excluding carboxylic acids is 1. The smallest absolute Gasteiger partial charge is 0.253 e. The Labute approximate surface area is 232 Å². The molecule has 3 unspecified atom stereocenters. The lowest BCUT2D eigenvalue weighted by Crippen LogP contribution is -2.69.